The maximum absolute atomic E-state index is 11.8. The van der Waals surface area contributed by atoms with Gasteiger partial charge in [-0.2, -0.15) is 0 Å². The van der Waals surface area contributed by atoms with Gasteiger partial charge in [-0.1, -0.05) is 54.0 Å². The van der Waals surface area contributed by atoms with Crippen LogP contribution < -0.4 is 0 Å². The highest BCUT2D eigenvalue weighted by atomic mass is 79.9. The van der Waals surface area contributed by atoms with Crippen molar-refractivity contribution in [2.24, 2.45) is 0 Å². The molecular weight excluding hydrogens is 312 g/mol. The van der Waals surface area contributed by atoms with Crippen LogP contribution in [0.5, 0.6) is 0 Å². The summed E-state index contributed by atoms with van der Waals surface area (Å²) in [6, 6.07) is 8.13. The van der Waals surface area contributed by atoms with Crippen molar-refractivity contribution < 1.29 is 8.42 Å². The molecule has 0 aliphatic carbocycles. The highest BCUT2D eigenvalue weighted by Gasteiger charge is 2.38. The fourth-order valence-corrected chi connectivity index (χ4v) is 3.47. The summed E-state index contributed by atoms with van der Waals surface area (Å²) in [6.45, 7) is 7.78. The minimum absolute atomic E-state index is 0.207. The average Bonchev–Trinajstić information content (AvgIpc) is 2.26. The quantitative estimate of drug-likeness (QED) is 0.779. The Balaban J connectivity index is 3.08. The Morgan fingerprint density at radius 2 is 1.44 bits per heavy atom. The van der Waals surface area contributed by atoms with E-state index in [1.165, 1.54) is 11.8 Å². The number of hydrogen-bond donors (Lipinski definition) is 0. The molecule has 1 aromatic carbocycles. The van der Waals surface area contributed by atoms with Crippen LogP contribution in [0.25, 0.3) is 0 Å². The molecule has 4 heteroatoms. The topological polar surface area (TPSA) is 34.1 Å². The Kier molecular flexibility index (Phi) is 4.65. The van der Waals surface area contributed by atoms with Crippen LogP contribution >= 0.6 is 15.9 Å². The van der Waals surface area contributed by atoms with Crippen molar-refractivity contribution in [2.45, 2.75) is 43.2 Å². The van der Waals surface area contributed by atoms with Crippen LogP contribution in [0.15, 0.2) is 24.3 Å². The van der Waals surface area contributed by atoms with E-state index in [9.17, 15) is 8.42 Å². The molecule has 102 valence electrons. The van der Waals surface area contributed by atoms with Gasteiger partial charge in [-0.15, -0.1) is 0 Å². The number of halogens is 1. The van der Waals surface area contributed by atoms with E-state index in [0.29, 0.717) is 5.92 Å². The van der Waals surface area contributed by atoms with E-state index in [1.807, 2.05) is 12.1 Å². The minimum Gasteiger partial charge on any atom is -0.229 e. The smallest absolute Gasteiger partial charge is 0.154 e. The zero-order valence-electron chi connectivity index (χ0n) is 11.6. The van der Waals surface area contributed by atoms with Gasteiger partial charge in [0.15, 0.2) is 9.84 Å². The zero-order chi connectivity index (χ0) is 14.1. The fraction of sp³-hybridized carbons (Fsp3) is 0.571. The Bertz CT molecular complexity index is 501. The lowest BCUT2D eigenvalue weighted by molar-refractivity contribution is 0.548. The Morgan fingerprint density at radius 3 is 1.78 bits per heavy atom. The first kappa shape index (κ1) is 15.7. The molecule has 0 fully saturated rings. The van der Waals surface area contributed by atoms with Crippen molar-refractivity contribution in [1.82, 2.24) is 0 Å². The molecule has 0 saturated carbocycles. The summed E-state index contributed by atoms with van der Waals surface area (Å²) < 4.78 is 22.8. The Hall–Kier alpha value is -0.350. The molecule has 0 aliphatic rings. The minimum atomic E-state index is -3.12. The third kappa shape index (κ3) is 3.15. The third-order valence-corrected chi connectivity index (χ3v) is 7.59. The highest BCUT2D eigenvalue weighted by Crippen LogP contribution is 2.39. The first-order valence-electron chi connectivity index (χ1n) is 6.01. The lowest BCUT2D eigenvalue weighted by Crippen LogP contribution is -2.35. The van der Waals surface area contributed by atoms with Crippen molar-refractivity contribution in [1.29, 1.82) is 0 Å². The molecular formula is C14H21BrO2S. The van der Waals surface area contributed by atoms with Gasteiger partial charge < -0.3 is 0 Å². The van der Waals surface area contributed by atoms with E-state index < -0.39 is 14.6 Å². The van der Waals surface area contributed by atoms with Crippen molar-refractivity contribution in [3.63, 3.8) is 0 Å². The second-order valence-electron chi connectivity index (χ2n) is 5.56. The summed E-state index contributed by atoms with van der Waals surface area (Å²) in [6.07, 6.45) is 1.28. The van der Waals surface area contributed by atoms with Crippen molar-refractivity contribution in [2.75, 3.05) is 6.26 Å². The molecule has 1 aromatic rings. The number of hydrogen-bond acceptors (Lipinski definition) is 2. The van der Waals surface area contributed by atoms with Gasteiger partial charge >= 0.3 is 0 Å². The van der Waals surface area contributed by atoms with Crippen molar-refractivity contribution >= 4 is 25.8 Å². The summed E-state index contributed by atoms with van der Waals surface area (Å²) in [7, 11) is -3.12. The SMILES string of the molecule is CC(C)c1ccc(C(Br)C(C)(C)S(C)(=O)=O)cc1. The van der Waals surface area contributed by atoms with Gasteiger partial charge in [0.2, 0.25) is 0 Å². The first-order chi connectivity index (χ1) is 8.07. The van der Waals surface area contributed by atoms with Crippen LogP contribution in [0.2, 0.25) is 0 Å². The van der Waals surface area contributed by atoms with Crippen molar-refractivity contribution in [3.8, 4) is 0 Å². The van der Waals surface area contributed by atoms with Crippen LogP contribution in [0.4, 0.5) is 0 Å². The van der Waals surface area contributed by atoms with Gasteiger partial charge in [0.1, 0.15) is 0 Å². The average molecular weight is 333 g/mol. The van der Waals surface area contributed by atoms with E-state index in [-0.39, 0.29) is 4.83 Å². The highest BCUT2D eigenvalue weighted by molar-refractivity contribution is 9.09. The lowest BCUT2D eigenvalue weighted by Gasteiger charge is -2.29. The molecule has 18 heavy (non-hydrogen) atoms. The molecule has 1 rings (SSSR count). The third-order valence-electron chi connectivity index (χ3n) is 3.46. The summed E-state index contributed by atoms with van der Waals surface area (Å²) in [5.41, 5.74) is 2.26. The van der Waals surface area contributed by atoms with E-state index >= 15 is 0 Å². The molecule has 0 N–H and O–H groups in total. The van der Waals surface area contributed by atoms with Crippen LogP contribution in [-0.4, -0.2) is 19.4 Å². The van der Waals surface area contributed by atoms with Crippen LogP contribution in [0.1, 0.15) is 49.6 Å². The number of benzene rings is 1. The van der Waals surface area contributed by atoms with Crippen LogP contribution in [0.3, 0.4) is 0 Å². The maximum atomic E-state index is 11.8. The normalized spacial score (nSPS) is 14.8. The largest absolute Gasteiger partial charge is 0.229 e. The Labute approximate surface area is 119 Å². The Morgan fingerprint density at radius 1 is 1.06 bits per heavy atom. The van der Waals surface area contributed by atoms with Gasteiger partial charge in [-0.3, -0.25) is 0 Å². The van der Waals surface area contributed by atoms with Crippen LogP contribution in [0, 0.1) is 0 Å². The summed E-state index contributed by atoms with van der Waals surface area (Å²) >= 11 is 3.53. The fourth-order valence-electron chi connectivity index (χ4n) is 1.64. The first-order valence-corrected chi connectivity index (χ1v) is 8.81. The molecule has 0 bridgehead atoms. The molecule has 0 aliphatic heterocycles. The van der Waals surface area contributed by atoms with E-state index in [2.05, 4.69) is 41.9 Å². The second kappa shape index (κ2) is 5.33. The van der Waals surface area contributed by atoms with E-state index in [4.69, 9.17) is 0 Å². The molecule has 0 spiro atoms. The predicted molar refractivity (Wildman–Crippen MR) is 81.1 cm³/mol. The number of alkyl halides is 1. The van der Waals surface area contributed by atoms with Crippen molar-refractivity contribution in [3.05, 3.63) is 35.4 Å². The molecule has 0 radical (unpaired) electrons. The van der Waals surface area contributed by atoms with Gasteiger partial charge in [-0.25, -0.2) is 8.42 Å². The molecule has 0 aromatic heterocycles. The standard InChI is InChI=1S/C14H21BrO2S/c1-10(2)11-6-8-12(9-7-11)13(15)14(3,4)18(5,16)17/h6-10,13H,1-5H3. The van der Waals surface area contributed by atoms with Gasteiger partial charge in [0, 0.05) is 6.26 Å². The second-order valence-corrected chi connectivity index (χ2v) is 9.07. The molecule has 1 unspecified atom stereocenters. The van der Waals surface area contributed by atoms with Gasteiger partial charge in [-0.05, 0) is 30.9 Å². The molecule has 0 amide bonds. The van der Waals surface area contributed by atoms with Gasteiger partial charge in [0.25, 0.3) is 0 Å². The lowest BCUT2D eigenvalue weighted by atomic mass is 9.97. The van der Waals surface area contributed by atoms with Gasteiger partial charge in [0.05, 0.1) is 9.57 Å². The maximum Gasteiger partial charge on any atom is 0.154 e. The summed E-state index contributed by atoms with van der Waals surface area (Å²) in [4.78, 5) is -0.207. The molecule has 1 atom stereocenters. The van der Waals surface area contributed by atoms with E-state index in [1.54, 1.807) is 13.8 Å². The summed E-state index contributed by atoms with van der Waals surface area (Å²) in [5, 5.41) is 0. The predicted octanol–water partition coefficient (Wildman–Crippen LogP) is 4.07. The van der Waals surface area contributed by atoms with Crippen LogP contribution in [-0.2, 0) is 9.84 Å². The zero-order valence-corrected chi connectivity index (χ0v) is 14.0. The monoisotopic (exact) mass is 332 g/mol. The molecule has 0 saturated heterocycles. The molecule has 2 nitrogen and oxygen atoms in total. The number of rotatable bonds is 4. The number of sulfone groups is 1. The summed E-state index contributed by atoms with van der Waals surface area (Å²) in [5.74, 6) is 0.482. The molecule has 0 heterocycles. The van der Waals surface area contributed by atoms with E-state index in [0.717, 1.165) is 5.56 Å².